The average Bonchev–Trinajstić information content (AvgIpc) is 3.23. The fraction of sp³-hybridized carbons (Fsp3) is 0.818. The van der Waals surface area contributed by atoms with Crippen LogP contribution in [0.2, 0.25) is 0 Å². The van der Waals surface area contributed by atoms with Crippen LogP contribution in [0.1, 0.15) is 77.4 Å². The van der Waals surface area contributed by atoms with E-state index in [2.05, 4.69) is 6.92 Å². The molecule has 3 N–H and O–H groups in total. The first kappa shape index (κ1) is 23.4. The van der Waals surface area contributed by atoms with Gasteiger partial charge in [0.05, 0.1) is 6.61 Å². The summed E-state index contributed by atoms with van der Waals surface area (Å²) in [5.74, 6) is 0. The first-order valence-corrected chi connectivity index (χ1v) is 11.0. The first-order valence-electron chi connectivity index (χ1n) is 11.0. The van der Waals surface area contributed by atoms with E-state index in [1.807, 2.05) is 12.1 Å². The van der Waals surface area contributed by atoms with Crippen LogP contribution in [0.5, 0.6) is 0 Å². The Kier molecular flexibility index (Phi) is 11.1. The van der Waals surface area contributed by atoms with Gasteiger partial charge in [-0.1, -0.05) is 64.7 Å². The summed E-state index contributed by atoms with van der Waals surface area (Å²) in [6.07, 6.45) is 11.3. The zero-order valence-electron chi connectivity index (χ0n) is 17.3. The molecule has 1 fully saturated rings. The quantitative estimate of drug-likeness (QED) is 0.419. The highest BCUT2D eigenvalue weighted by atomic mass is 16.6. The fourth-order valence-electron chi connectivity index (χ4n) is 3.72. The van der Waals surface area contributed by atoms with Crippen molar-refractivity contribution in [1.82, 2.24) is 4.57 Å². The Bertz CT molecular complexity index is 495. The highest BCUT2D eigenvalue weighted by Crippen LogP contribution is 2.28. The zero-order valence-corrected chi connectivity index (χ0v) is 17.3. The lowest BCUT2D eigenvalue weighted by Crippen LogP contribution is -2.56. The number of hydrogen-bond donors (Lipinski definition) is 3. The predicted molar refractivity (Wildman–Crippen MR) is 109 cm³/mol. The molecule has 162 valence electrons. The van der Waals surface area contributed by atoms with Crippen LogP contribution >= 0.6 is 0 Å². The van der Waals surface area contributed by atoms with Gasteiger partial charge in [-0.05, 0) is 18.6 Å². The van der Waals surface area contributed by atoms with Crippen molar-refractivity contribution < 1.29 is 24.8 Å². The second-order valence-electron chi connectivity index (χ2n) is 7.92. The van der Waals surface area contributed by atoms with Crippen molar-refractivity contribution >= 4 is 0 Å². The molecule has 0 bridgehead atoms. The maximum atomic E-state index is 10.2. The van der Waals surface area contributed by atoms with E-state index in [-0.39, 0.29) is 6.61 Å². The Morgan fingerprint density at radius 3 is 1.96 bits per heavy atom. The molecule has 2 rings (SSSR count). The van der Waals surface area contributed by atoms with Gasteiger partial charge in [0.2, 0.25) is 0 Å². The molecule has 1 unspecified atom stereocenters. The van der Waals surface area contributed by atoms with Crippen LogP contribution in [0, 0.1) is 0 Å². The standard InChI is InChI=1S/C22H39NO5/c1-2-3-4-5-6-7-8-9-10-13-16-27-17-18-19(24)20(25)21(26)22(28-18)23-14-11-12-15-23/h11-12,14-15,18-22,24-26H,2-10,13,16-17H2,1H3/t18-,19-,20+,21-,22?/m1/s1. The number of nitrogens with zero attached hydrogens (tertiary/aromatic N) is 1. The van der Waals surface area contributed by atoms with E-state index >= 15 is 0 Å². The van der Waals surface area contributed by atoms with E-state index in [1.54, 1.807) is 17.0 Å². The molecule has 1 aromatic heterocycles. The molecule has 1 aromatic rings. The van der Waals surface area contributed by atoms with Gasteiger partial charge in [0.25, 0.3) is 0 Å². The summed E-state index contributed by atoms with van der Waals surface area (Å²) < 4.78 is 13.2. The van der Waals surface area contributed by atoms with Crippen LogP contribution in [0.3, 0.4) is 0 Å². The summed E-state index contributed by atoms with van der Waals surface area (Å²) in [6, 6.07) is 3.65. The van der Waals surface area contributed by atoms with Crippen molar-refractivity contribution in [2.24, 2.45) is 0 Å². The van der Waals surface area contributed by atoms with E-state index in [1.165, 1.54) is 51.4 Å². The van der Waals surface area contributed by atoms with Gasteiger partial charge in [-0.2, -0.15) is 0 Å². The number of ether oxygens (including phenoxy) is 2. The summed E-state index contributed by atoms with van der Waals surface area (Å²) >= 11 is 0. The van der Waals surface area contributed by atoms with Gasteiger partial charge in [0, 0.05) is 19.0 Å². The smallest absolute Gasteiger partial charge is 0.162 e. The molecular weight excluding hydrogens is 358 g/mol. The van der Waals surface area contributed by atoms with E-state index < -0.39 is 30.6 Å². The summed E-state index contributed by atoms with van der Waals surface area (Å²) in [5.41, 5.74) is 0. The van der Waals surface area contributed by atoms with Crippen molar-refractivity contribution in [3.63, 3.8) is 0 Å². The zero-order chi connectivity index (χ0) is 20.2. The summed E-state index contributed by atoms with van der Waals surface area (Å²) in [6.45, 7) is 3.07. The summed E-state index contributed by atoms with van der Waals surface area (Å²) in [7, 11) is 0. The Balaban J connectivity index is 1.55. The molecule has 28 heavy (non-hydrogen) atoms. The topological polar surface area (TPSA) is 84.1 Å². The Labute approximate surface area is 169 Å². The fourth-order valence-corrected chi connectivity index (χ4v) is 3.72. The molecule has 6 nitrogen and oxygen atoms in total. The lowest BCUT2D eigenvalue weighted by molar-refractivity contribution is -0.254. The molecule has 1 saturated heterocycles. The number of rotatable bonds is 14. The highest BCUT2D eigenvalue weighted by Gasteiger charge is 2.44. The molecule has 0 aromatic carbocycles. The second kappa shape index (κ2) is 13.3. The van der Waals surface area contributed by atoms with Gasteiger partial charge in [-0.15, -0.1) is 0 Å². The number of aromatic nitrogens is 1. The molecule has 1 aliphatic rings. The van der Waals surface area contributed by atoms with E-state index in [0.717, 1.165) is 12.8 Å². The van der Waals surface area contributed by atoms with E-state index in [9.17, 15) is 15.3 Å². The number of aliphatic hydroxyl groups excluding tert-OH is 3. The maximum Gasteiger partial charge on any atom is 0.162 e. The molecule has 0 spiro atoms. The van der Waals surface area contributed by atoms with Crippen LogP contribution in [0.4, 0.5) is 0 Å². The SMILES string of the molecule is CCCCCCCCCCCCOC[C@H]1OC(n2cccc2)[C@H](O)[C@@H](O)[C@@H]1O. The van der Waals surface area contributed by atoms with Gasteiger partial charge in [-0.3, -0.25) is 0 Å². The molecule has 6 heteroatoms. The lowest BCUT2D eigenvalue weighted by Gasteiger charge is -2.41. The number of unbranched alkanes of at least 4 members (excludes halogenated alkanes) is 9. The van der Waals surface area contributed by atoms with Crippen molar-refractivity contribution in [2.45, 2.75) is 102 Å². The molecular formula is C22H39NO5. The van der Waals surface area contributed by atoms with E-state index in [4.69, 9.17) is 9.47 Å². The third kappa shape index (κ3) is 7.48. The number of hydrogen-bond acceptors (Lipinski definition) is 5. The summed E-state index contributed by atoms with van der Waals surface area (Å²) in [4.78, 5) is 0. The summed E-state index contributed by atoms with van der Waals surface area (Å²) in [5, 5.41) is 30.5. The minimum absolute atomic E-state index is 0.208. The third-order valence-electron chi connectivity index (χ3n) is 5.53. The Morgan fingerprint density at radius 1 is 0.786 bits per heavy atom. The molecule has 0 aliphatic carbocycles. The van der Waals surface area contributed by atoms with Crippen LogP contribution in [0.25, 0.3) is 0 Å². The molecule has 0 amide bonds. The van der Waals surface area contributed by atoms with E-state index in [0.29, 0.717) is 6.61 Å². The largest absolute Gasteiger partial charge is 0.387 e. The van der Waals surface area contributed by atoms with Gasteiger partial charge in [0.1, 0.15) is 24.4 Å². The average molecular weight is 398 g/mol. The van der Waals surface area contributed by atoms with Crippen LogP contribution in [0.15, 0.2) is 24.5 Å². The van der Waals surface area contributed by atoms with Gasteiger partial charge < -0.3 is 29.4 Å². The van der Waals surface area contributed by atoms with Gasteiger partial charge >= 0.3 is 0 Å². The Hall–Kier alpha value is -0.920. The van der Waals surface area contributed by atoms with Gasteiger partial charge in [-0.25, -0.2) is 0 Å². The predicted octanol–water partition coefficient (Wildman–Crippen LogP) is 3.41. The third-order valence-corrected chi connectivity index (χ3v) is 5.53. The van der Waals surface area contributed by atoms with Gasteiger partial charge in [0.15, 0.2) is 6.23 Å². The normalized spacial score (nSPS) is 27.9. The van der Waals surface area contributed by atoms with Crippen LogP contribution in [-0.2, 0) is 9.47 Å². The molecule has 2 heterocycles. The highest BCUT2D eigenvalue weighted by molar-refractivity contribution is 4.97. The minimum Gasteiger partial charge on any atom is -0.387 e. The monoisotopic (exact) mass is 397 g/mol. The first-order chi connectivity index (χ1) is 13.6. The lowest BCUT2D eigenvalue weighted by atomic mass is 9.98. The van der Waals surface area contributed by atoms with Crippen LogP contribution in [-0.4, -0.2) is 57.5 Å². The number of aliphatic hydroxyl groups is 3. The van der Waals surface area contributed by atoms with Crippen molar-refractivity contribution in [1.29, 1.82) is 0 Å². The molecule has 1 aliphatic heterocycles. The second-order valence-corrected chi connectivity index (χ2v) is 7.92. The van der Waals surface area contributed by atoms with Crippen LogP contribution < -0.4 is 0 Å². The minimum atomic E-state index is -1.26. The maximum absolute atomic E-state index is 10.2. The molecule has 0 saturated carbocycles. The molecule has 0 radical (unpaired) electrons. The molecule has 5 atom stereocenters. The Morgan fingerprint density at radius 2 is 1.36 bits per heavy atom. The van der Waals surface area contributed by atoms with Crippen molar-refractivity contribution in [3.8, 4) is 0 Å². The van der Waals surface area contributed by atoms with Crippen molar-refractivity contribution in [3.05, 3.63) is 24.5 Å². The van der Waals surface area contributed by atoms with Crippen molar-refractivity contribution in [2.75, 3.05) is 13.2 Å².